The molecule has 0 bridgehead atoms. The Labute approximate surface area is 149 Å². The maximum Gasteiger partial charge on any atom is 0.469 e. The fraction of sp³-hybridized carbons (Fsp3) is 0.455. The summed E-state index contributed by atoms with van der Waals surface area (Å²) in [5.41, 5.74) is -2.37. The number of fused-ring (bicyclic) bond motifs is 1. The molecule has 1 aliphatic rings. The largest absolute Gasteiger partial charge is 0.478 e. The SMILES string of the molecule is O=C(O)[C@@]1(n2cnc3c(=S)nc[nH]c32)O[C@H](COP(=O)(O)O)[C@@H](O)[C@H]1O. The van der Waals surface area contributed by atoms with Crippen LogP contribution in [-0.2, 0) is 24.3 Å². The molecule has 26 heavy (non-hydrogen) atoms. The molecule has 3 heterocycles. The summed E-state index contributed by atoms with van der Waals surface area (Å²) in [6.45, 7) is -0.859. The number of aliphatic hydroxyl groups is 2. The van der Waals surface area contributed by atoms with Gasteiger partial charge in [-0.25, -0.2) is 19.3 Å². The van der Waals surface area contributed by atoms with Gasteiger partial charge < -0.3 is 34.8 Å². The van der Waals surface area contributed by atoms with Crippen LogP contribution in [-0.4, -0.2) is 75.5 Å². The zero-order chi connectivity index (χ0) is 19.3. The second-order valence-corrected chi connectivity index (χ2v) is 7.03. The van der Waals surface area contributed by atoms with Crippen molar-refractivity contribution in [1.29, 1.82) is 0 Å². The predicted molar refractivity (Wildman–Crippen MR) is 83.2 cm³/mol. The van der Waals surface area contributed by atoms with E-state index in [1.807, 2.05) is 0 Å². The van der Waals surface area contributed by atoms with Crippen molar-refractivity contribution in [3.8, 4) is 0 Å². The molecule has 3 rings (SSSR count). The third-order valence-electron chi connectivity index (χ3n) is 3.86. The van der Waals surface area contributed by atoms with Crippen molar-refractivity contribution >= 4 is 37.2 Å². The Kier molecular flexibility index (Phi) is 4.71. The van der Waals surface area contributed by atoms with Crippen molar-refractivity contribution in [3.63, 3.8) is 0 Å². The molecule has 0 spiro atoms. The number of carbonyl (C=O) groups is 1. The standard InChI is InChI=1S/C11H13N4O9PS/c16-6-4(1-23-25(20,21)22)24-11(7(6)17,10(18)19)15-3-14-5-8(15)12-2-13-9(5)26/h2-4,6-7,16-17H,1H2,(H,18,19)(H,12,13,26)(H2,20,21,22)/t4-,6-,7-,11+/m1/s1. The van der Waals surface area contributed by atoms with E-state index in [-0.39, 0.29) is 15.8 Å². The van der Waals surface area contributed by atoms with Crippen molar-refractivity contribution in [1.82, 2.24) is 19.5 Å². The second-order valence-electron chi connectivity index (χ2n) is 5.40. The van der Waals surface area contributed by atoms with Crippen molar-refractivity contribution < 1.29 is 43.7 Å². The summed E-state index contributed by atoms with van der Waals surface area (Å²) < 4.78 is 21.4. The molecule has 2 aromatic heterocycles. The van der Waals surface area contributed by atoms with Crippen LogP contribution in [0.15, 0.2) is 12.7 Å². The van der Waals surface area contributed by atoms with Gasteiger partial charge in [-0.1, -0.05) is 12.2 Å². The number of nitrogens with one attached hydrogen (secondary N) is 1. The highest BCUT2D eigenvalue weighted by molar-refractivity contribution is 7.71. The molecular weight excluding hydrogens is 395 g/mol. The summed E-state index contributed by atoms with van der Waals surface area (Å²) in [5, 5.41) is 30.2. The Hall–Kier alpha value is -1.77. The number of aromatic amines is 1. The normalized spacial score (nSPS) is 29.3. The highest BCUT2D eigenvalue weighted by Crippen LogP contribution is 2.41. The number of imidazole rings is 1. The monoisotopic (exact) mass is 408 g/mol. The van der Waals surface area contributed by atoms with Crippen LogP contribution in [0.5, 0.6) is 0 Å². The van der Waals surface area contributed by atoms with Gasteiger partial charge in [-0.3, -0.25) is 9.09 Å². The van der Waals surface area contributed by atoms with Gasteiger partial charge in [0.05, 0.1) is 12.9 Å². The first-order valence-corrected chi connectivity index (χ1v) is 8.90. The van der Waals surface area contributed by atoms with Crippen LogP contribution < -0.4 is 0 Å². The number of phosphoric acid groups is 1. The number of carboxylic acids is 1. The highest BCUT2D eigenvalue weighted by atomic mass is 32.1. The summed E-state index contributed by atoms with van der Waals surface area (Å²) in [5.74, 6) is -1.68. The van der Waals surface area contributed by atoms with E-state index in [2.05, 4.69) is 19.5 Å². The van der Waals surface area contributed by atoms with Crippen LogP contribution in [0, 0.1) is 4.64 Å². The molecule has 1 fully saturated rings. The molecular formula is C11H13N4O9PS. The zero-order valence-corrected chi connectivity index (χ0v) is 14.4. The van der Waals surface area contributed by atoms with E-state index in [1.54, 1.807) is 0 Å². The van der Waals surface area contributed by atoms with Crippen molar-refractivity contribution in [2.45, 2.75) is 24.0 Å². The van der Waals surface area contributed by atoms with Crippen LogP contribution in [0.25, 0.3) is 11.2 Å². The molecule has 1 aliphatic heterocycles. The molecule has 4 atom stereocenters. The van der Waals surface area contributed by atoms with E-state index in [1.165, 1.54) is 6.33 Å². The van der Waals surface area contributed by atoms with E-state index < -0.39 is 44.4 Å². The van der Waals surface area contributed by atoms with Crippen LogP contribution in [0.4, 0.5) is 0 Å². The topological polar surface area (TPSA) is 200 Å². The van der Waals surface area contributed by atoms with Crippen LogP contribution in [0.1, 0.15) is 0 Å². The number of hydrogen-bond donors (Lipinski definition) is 6. The molecule has 15 heteroatoms. The van der Waals surface area contributed by atoms with Crippen LogP contribution >= 0.6 is 20.0 Å². The Morgan fingerprint density at radius 3 is 2.77 bits per heavy atom. The molecule has 13 nitrogen and oxygen atoms in total. The Morgan fingerprint density at radius 1 is 1.46 bits per heavy atom. The van der Waals surface area contributed by atoms with Crippen molar-refractivity contribution in [2.75, 3.05) is 6.61 Å². The number of aromatic nitrogens is 4. The summed E-state index contributed by atoms with van der Waals surface area (Å²) in [6, 6.07) is 0. The molecule has 0 amide bonds. The maximum atomic E-state index is 12.0. The summed E-state index contributed by atoms with van der Waals surface area (Å²) in [6.07, 6.45) is -3.17. The Bertz CT molecular complexity index is 957. The first-order valence-electron chi connectivity index (χ1n) is 6.96. The average Bonchev–Trinajstić information content (AvgIpc) is 3.08. The first kappa shape index (κ1) is 19.0. The second kappa shape index (κ2) is 6.44. The van der Waals surface area contributed by atoms with E-state index >= 15 is 0 Å². The number of H-pyrrole nitrogens is 1. The van der Waals surface area contributed by atoms with Gasteiger partial charge in [0.15, 0.2) is 4.64 Å². The lowest BCUT2D eigenvalue weighted by molar-refractivity contribution is -0.193. The minimum absolute atomic E-state index is 0.0511. The van der Waals surface area contributed by atoms with Gasteiger partial charge in [-0.2, -0.15) is 0 Å². The molecule has 142 valence electrons. The quantitative estimate of drug-likeness (QED) is 0.246. The lowest BCUT2D eigenvalue weighted by Crippen LogP contribution is -2.51. The number of nitrogens with zero attached hydrogens (tertiary/aromatic N) is 3. The number of hydrogen-bond acceptors (Lipinski definition) is 9. The van der Waals surface area contributed by atoms with Gasteiger partial charge in [-0.05, 0) is 0 Å². The van der Waals surface area contributed by atoms with Gasteiger partial charge in [0, 0.05) is 0 Å². The summed E-state index contributed by atoms with van der Waals surface area (Å²) in [7, 11) is -4.90. The Balaban J connectivity index is 2.08. The zero-order valence-electron chi connectivity index (χ0n) is 12.7. The third kappa shape index (κ3) is 2.95. The van der Waals surface area contributed by atoms with Gasteiger partial charge in [0.25, 0.3) is 5.72 Å². The molecule has 0 aromatic carbocycles. The highest BCUT2D eigenvalue weighted by Gasteiger charge is 2.61. The molecule has 0 aliphatic carbocycles. The summed E-state index contributed by atoms with van der Waals surface area (Å²) in [4.78, 5) is 39.8. The van der Waals surface area contributed by atoms with E-state index in [4.69, 9.17) is 26.7 Å². The van der Waals surface area contributed by atoms with Crippen LogP contribution in [0.3, 0.4) is 0 Å². The van der Waals surface area contributed by atoms with Gasteiger partial charge >= 0.3 is 13.8 Å². The predicted octanol–water partition coefficient (Wildman–Crippen LogP) is -1.54. The number of aliphatic hydroxyl groups excluding tert-OH is 2. The lowest BCUT2D eigenvalue weighted by Gasteiger charge is -2.29. The number of aliphatic carboxylic acids is 1. The first-order chi connectivity index (χ1) is 12.1. The van der Waals surface area contributed by atoms with E-state index in [9.17, 15) is 24.7 Å². The van der Waals surface area contributed by atoms with E-state index in [0.717, 1.165) is 10.9 Å². The molecule has 2 aromatic rings. The van der Waals surface area contributed by atoms with E-state index in [0.29, 0.717) is 0 Å². The number of ether oxygens (including phenoxy) is 1. The summed E-state index contributed by atoms with van der Waals surface area (Å²) >= 11 is 4.99. The van der Waals surface area contributed by atoms with Gasteiger partial charge in [0.1, 0.15) is 35.8 Å². The minimum Gasteiger partial charge on any atom is -0.478 e. The maximum absolute atomic E-state index is 12.0. The Morgan fingerprint density at radius 2 is 2.15 bits per heavy atom. The van der Waals surface area contributed by atoms with Crippen molar-refractivity contribution in [2.24, 2.45) is 0 Å². The average molecular weight is 408 g/mol. The number of rotatable bonds is 5. The molecule has 1 saturated heterocycles. The van der Waals surface area contributed by atoms with Gasteiger partial charge in [0.2, 0.25) is 0 Å². The van der Waals surface area contributed by atoms with Crippen molar-refractivity contribution in [3.05, 3.63) is 17.3 Å². The lowest BCUT2D eigenvalue weighted by atomic mass is 10.0. The number of phosphoric ester groups is 1. The molecule has 6 N–H and O–H groups in total. The van der Waals surface area contributed by atoms with Crippen LogP contribution in [0.2, 0.25) is 0 Å². The molecule has 0 radical (unpaired) electrons. The smallest absolute Gasteiger partial charge is 0.469 e. The molecule has 0 unspecified atom stereocenters. The third-order valence-corrected chi connectivity index (χ3v) is 4.64. The number of carboxylic acid groups (broad SMARTS) is 1. The fourth-order valence-corrected chi connectivity index (χ4v) is 3.24. The molecule has 0 saturated carbocycles. The van der Waals surface area contributed by atoms with Gasteiger partial charge in [-0.15, -0.1) is 0 Å². The fourth-order valence-electron chi connectivity index (χ4n) is 2.70. The minimum atomic E-state index is -4.90.